The van der Waals surface area contributed by atoms with Gasteiger partial charge in [0, 0.05) is 17.1 Å². The van der Waals surface area contributed by atoms with Gasteiger partial charge in [-0.1, -0.05) is 0 Å². The second-order valence-electron chi connectivity index (χ2n) is 3.32. The number of H-pyrrole nitrogens is 1. The van der Waals surface area contributed by atoms with Crippen molar-refractivity contribution < 1.29 is 13.9 Å². The Balaban J connectivity index is 2.72. The summed E-state index contributed by atoms with van der Waals surface area (Å²) in [6, 6.07) is 1.72. The first-order chi connectivity index (χ1) is 7.15. The number of nitrogens with two attached hydrogens (primary N) is 1. The smallest absolute Gasteiger partial charge is 0.155 e. The minimum absolute atomic E-state index is 0.204. The zero-order chi connectivity index (χ0) is 11.0. The van der Waals surface area contributed by atoms with Crippen LogP contribution in [0.25, 0.3) is 10.9 Å². The molecule has 0 fully saturated rings. The van der Waals surface area contributed by atoms with Gasteiger partial charge in [0.2, 0.25) is 0 Å². The molecule has 80 valence electrons. The molecule has 0 spiro atoms. The van der Waals surface area contributed by atoms with Crippen molar-refractivity contribution in [1.29, 1.82) is 0 Å². The summed E-state index contributed by atoms with van der Waals surface area (Å²) in [6.07, 6.45) is 1.52. The van der Waals surface area contributed by atoms with Gasteiger partial charge in [0.25, 0.3) is 0 Å². The second kappa shape index (κ2) is 3.60. The van der Waals surface area contributed by atoms with Crippen molar-refractivity contribution in [1.82, 2.24) is 4.98 Å². The van der Waals surface area contributed by atoms with E-state index in [1.807, 2.05) is 0 Å². The highest BCUT2D eigenvalue weighted by Crippen LogP contribution is 2.26. The van der Waals surface area contributed by atoms with Crippen LogP contribution >= 0.6 is 0 Å². The molecule has 2 rings (SSSR count). The summed E-state index contributed by atoms with van der Waals surface area (Å²) in [4.78, 5) is 2.66. The number of hydrogen-bond acceptors (Lipinski definition) is 2. The van der Waals surface area contributed by atoms with E-state index in [2.05, 4.69) is 4.98 Å². The molecular weight excluding hydrogens is 202 g/mol. The zero-order valence-corrected chi connectivity index (χ0v) is 7.80. The van der Waals surface area contributed by atoms with E-state index in [0.717, 1.165) is 0 Å². The van der Waals surface area contributed by atoms with E-state index in [0.29, 0.717) is 5.39 Å². The van der Waals surface area contributed by atoms with E-state index in [1.54, 1.807) is 6.07 Å². The van der Waals surface area contributed by atoms with Gasteiger partial charge < -0.3 is 15.8 Å². The molecule has 15 heavy (non-hydrogen) atoms. The number of aliphatic hydroxyl groups is 1. The van der Waals surface area contributed by atoms with Crippen LogP contribution in [0.3, 0.4) is 0 Å². The number of rotatable bonds is 2. The molecule has 0 aliphatic rings. The molecule has 0 saturated carbocycles. The van der Waals surface area contributed by atoms with Gasteiger partial charge in [-0.15, -0.1) is 0 Å². The Kier molecular flexibility index (Phi) is 2.42. The molecule has 0 amide bonds. The maximum Gasteiger partial charge on any atom is 0.155 e. The van der Waals surface area contributed by atoms with Gasteiger partial charge in [-0.3, -0.25) is 0 Å². The number of aromatic amines is 1. The Morgan fingerprint density at radius 1 is 1.47 bits per heavy atom. The van der Waals surface area contributed by atoms with Crippen molar-refractivity contribution in [3.8, 4) is 0 Å². The van der Waals surface area contributed by atoms with Crippen LogP contribution in [0.2, 0.25) is 0 Å². The highest BCUT2D eigenvalue weighted by molar-refractivity contribution is 5.81. The van der Waals surface area contributed by atoms with E-state index < -0.39 is 24.3 Å². The highest BCUT2D eigenvalue weighted by Gasteiger charge is 2.19. The standard InChI is InChI=1S/C10H10F2N2O/c11-6-3-5-1-2-14-10(5)9(12)8(6)7(13)4-15/h1-3,7,14-15H,4,13H2. The van der Waals surface area contributed by atoms with Gasteiger partial charge >= 0.3 is 0 Å². The third-order valence-electron chi connectivity index (χ3n) is 2.34. The predicted octanol–water partition coefficient (Wildman–Crippen LogP) is 1.44. The van der Waals surface area contributed by atoms with Crippen LogP contribution in [-0.2, 0) is 0 Å². The van der Waals surface area contributed by atoms with E-state index in [4.69, 9.17) is 10.8 Å². The van der Waals surface area contributed by atoms with Crippen LogP contribution in [0.1, 0.15) is 11.6 Å². The highest BCUT2D eigenvalue weighted by atomic mass is 19.1. The van der Waals surface area contributed by atoms with Crippen LogP contribution in [0.5, 0.6) is 0 Å². The van der Waals surface area contributed by atoms with Gasteiger partial charge in [0.05, 0.1) is 18.2 Å². The van der Waals surface area contributed by atoms with Crippen molar-refractivity contribution >= 4 is 10.9 Å². The average molecular weight is 212 g/mol. The number of fused-ring (bicyclic) bond motifs is 1. The normalized spacial score (nSPS) is 13.3. The minimum atomic E-state index is -1.04. The van der Waals surface area contributed by atoms with Crippen molar-refractivity contribution in [3.63, 3.8) is 0 Å². The molecule has 0 radical (unpaired) electrons. The molecular formula is C10H10F2N2O. The summed E-state index contributed by atoms with van der Waals surface area (Å²) < 4.78 is 27.2. The van der Waals surface area contributed by atoms with Gasteiger partial charge in [-0.05, 0) is 12.1 Å². The van der Waals surface area contributed by atoms with Crippen LogP contribution in [-0.4, -0.2) is 16.7 Å². The summed E-state index contributed by atoms with van der Waals surface area (Å²) in [5.41, 5.74) is 5.33. The Bertz CT molecular complexity index is 495. The van der Waals surface area contributed by atoms with E-state index >= 15 is 0 Å². The SMILES string of the molecule is NC(CO)c1c(F)cc2cc[nH]c2c1F. The number of aliphatic hydroxyl groups excluding tert-OH is 1. The van der Waals surface area contributed by atoms with Crippen molar-refractivity contribution in [2.45, 2.75) is 6.04 Å². The first-order valence-corrected chi connectivity index (χ1v) is 4.46. The summed E-state index contributed by atoms with van der Waals surface area (Å²) >= 11 is 0. The quantitative estimate of drug-likeness (QED) is 0.705. The molecule has 4 N–H and O–H groups in total. The lowest BCUT2D eigenvalue weighted by Gasteiger charge is -2.11. The molecule has 3 nitrogen and oxygen atoms in total. The molecule has 5 heteroatoms. The molecule has 0 aliphatic heterocycles. The first kappa shape index (κ1) is 10.1. The van der Waals surface area contributed by atoms with E-state index in [9.17, 15) is 8.78 Å². The number of hydrogen-bond donors (Lipinski definition) is 3. The van der Waals surface area contributed by atoms with Gasteiger partial charge in [0.1, 0.15) is 5.82 Å². The monoisotopic (exact) mass is 212 g/mol. The topological polar surface area (TPSA) is 62.0 Å². The Labute approximate surface area is 84.5 Å². The summed E-state index contributed by atoms with van der Waals surface area (Å²) in [6.45, 7) is -0.500. The van der Waals surface area contributed by atoms with Crippen LogP contribution in [0, 0.1) is 11.6 Å². The third kappa shape index (κ3) is 1.49. The largest absolute Gasteiger partial charge is 0.394 e. The molecule has 1 aromatic heterocycles. The lowest BCUT2D eigenvalue weighted by Crippen LogP contribution is -2.18. The van der Waals surface area contributed by atoms with Crippen LogP contribution in [0.15, 0.2) is 18.3 Å². The van der Waals surface area contributed by atoms with Crippen molar-refractivity contribution in [3.05, 3.63) is 35.5 Å². The maximum absolute atomic E-state index is 13.7. The molecule has 0 saturated heterocycles. The molecule has 1 atom stereocenters. The van der Waals surface area contributed by atoms with Crippen molar-refractivity contribution in [2.24, 2.45) is 5.73 Å². The molecule has 1 unspecified atom stereocenters. The Hall–Kier alpha value is -1.46. The molecule has 2 aromatic rings. The van der Waals surface area contributed by atoms with Gasteiger partial charge in [-0.2, -0.15) is 0 Å². The van der Waals surface area contributed by atoms with Gasteiger partial charge in [0.15, 0.2) is 5.82 Å². The number of aromatic nitrogens is 1. The molecule has 1 aromatic carbocycles. The zero-order valence-electron chi connectivity index (χ0n) is 7.80. The number of halogens is 2. The number of benzene rings is 1. The fraction of sp³-hybridized carbons (Fsp3) is 0.200. The van der Waals surface area contributed by atoms with E-state index in [1.165, 1.54) is 12.3 Å². The Morgan fingerprint density at radius 2 is 2.20 bits per heavy atom. The third-order valence-corrected chi connectivity index (χ3v) is 2.34. The molecule has 0 aliphatic carbocycles. The average Bonchev–Trinajstić information content (AvgIpc) is 2.65. The van der Waals surface area contributed by atoms with Crippen LogP contribution in [0.4, 0.5) is 8.78 Å². The second-order valence-corrected chi connectivity index (χ2v) is 3.32. The van der Waals surface area contributed by atoms with Gasteiger partial charge in [-0.25, -0.2) is 8.78 Å². The molecule has 1 heterocycles. The molecule has 0 bridgehead atoms. The summed E-state index contributed by atoms with van der Waals surface area (Å²) in [5, 5.41) is 9.23. The Morgan fingerprint density at radius 3 is 2.87 bits per heavy atom. The lowest BCUT2D eigenvalue weighted by atomic mass is 10.0. The summed E-state index contributed by atoms with van der Waals surface area (Å²) in [5.74, 6) is -1.47. The predicted molar refractivity (Wildman–Crippen MR) is 52.2 cm³/mol. The van der Waals surface area contributed by atoms with Crippen molar-refractivity contribution in [2.75, 3.05) is 6.61 Å². The maximum atomic E-state index is 13.7. The number of nitrogens with one attached hydrogen (secondary N) is 1. The summed E-state index contributed by atoms with van der Waals surface area (Å²) in [7, 11) is 0. The first-order valence-electron chi connectivity index (χ1n) is 4.46. The van der Waals surface area contributed by atoms with Crippen LogP contribution < -0.4 is 5.73 Å². The minimum Gasteiger partial charge on any atom is -0.394 e. The lowest BCUT2D eigenvalue weighted by molar-refractivity contribution is 0.262. The fourth-order valence-corrected chi connectivity index (χ4v) is 1.58. The fourth-order valence-electron chi connectivity index (χ4n) is 1.58. The van der Waals surface area contributed by atoms with E-state index in [-0.39, 0.29) is 11.1 Å².